The second-order valence-electron chi connectivity index (χ2n) is 9.41. The number of aliphatic hydroxyl groups excluding tert-OH is 2. The van der Waals surface area contributed by atoms with Crippen LogP contribution in [0.4, 0.5) is 0 Å². The number of Topliss-reactive ketones (excluding diaryl/α,β-unsaturated/α-hetero) is 1. The van der Waals surface area contributed by atoms with Gasteiger partial charge < -0.3 is 25.5 Å². The summed E-state index contributed by atoms with van der Waals surface area (Å²) in [5, 5.41) is 54.9. The average molecular weight is 364 g/mol. The van der Waals surface area contributed by atoms with E-state index in [0.29, 0.717) is 11.1 Å². The minimum Gasteiger partial charge on any atom is -0.392 e. The lowest BCUT2D eigenvalue weighted by atomic mass is 9.59. The topological polar surface area (TPSA) is 118 Å². The van der Waals surface area contributed by atoms with E-state index in [1.807, 2.05) is 13.8 Å². The highest BCUT2D eigenvalue weighted by molar-refractivity contribution is 6.04. The van der Waals surface area contributed by atoms with Gasteiger partial charge >= 0.3 is 0 Å². The van der Waals surface area contributed by atoms with Gasteiger partial charge in [0.05, 0.1) is 18.3 Å². The number of carbonyl (C=O) groups excluding carboxylic acids is 1. The van der Waals surface area contributed by atoms with Gasteiger partial charge in [0.25, 0.3) is 0 Å². The molecule has 0 saturated heterocycles. The van der Waals surface area contributed by atoms with E-state index in [0.717, 1.165) is 0 Å². The molecule has 0 aromatic heterocycles. The molecule has 4 aliphatic rings. The fourth-order valence-electron chi connectivity index (χ4n) is 6.45. The van der Waals surface area contributed by atoms with Crippen LogP contribution in [0, 0.1) is 29.1 Å². The van der Waals surface area contributed by atoms with Gasteiger partial charge in [-0.25, -0.2) is 0 Å². The summed E-state index contributed by atoms with van der Waals surface area (Å²) in [5.74, 6) is -3.14. The van der Waals surface area contributed by atoms with Crippen molar-refractivity contribution in [2.45, 2.75) is 57.0 Å². The summed E-state index contributed by atoms with van der Waals surface area (Å²) in [6.45, 7) is 6.63. The zero-order chi connectivity index (χ0) is 19.4. The van der Waals surface area contributed by atoms with Gasteiger partial charge in [-0.1, -0.05) is 32.9 Å². The Bertz CT molecular complexity index is 753. The third-order valence-corrected chi connectivity index (χ3v) is 8.04. The van der Waals surface area contributed by atoms with Crippen LogP contribution in [0.3, 0.4) is 0 Å². The van der Waals surface area contributed by atoms with Crippen LogP contribution in [0.15, 0.2) is 23.3 Å². The Morgan fingerprint density at radius 2 is 1.81 bits per heavy atom. The van der Waals surface area contributed by atoms with Crippen LogP contribution < -0.4 is 0 Å². The maximum atomic E-state index is 12.7. The van der Waals surface area contributed by atoms with Gasteiger partial charge in [0, 0.05) is 35.5 Å². The fourth-order valence-corrected chi connectivity index (χ4v) is 6.45. The third kappa shape index (κ3) is 1.69. The molecule has 2 saturated carbocycles. The van der Waals surface area contributed by atoms with Crippen molar-refractivity contribution in [2.75, 3.05) is 6.61 Å². The van der Waals surface area contributed by atoms with Crippen LogP contribution in [-0.2, 0) is 4.79 Å². The molecule has 0 radical (unpaired) electrons. The lowest BCUT2D eigenvalue weighted by Crippen LogP contribution is -2.65. The lowest BCUT2D eigenvalue weighted by molar-refractivity contribution is -0.209. The van der Waals surface area contributed by atoms with E-state index < -0.39 is 57.8 Å². The molecule has 0 heterocycles. The molecule has 26 heavy (non-hydrogen) atoms. The molecule has 6 heteroatoms. The van der Waals surface area contributed by atoms with E-state index in [1.54, 1.807) is 26.0 Å². The molecule has 0 aliphatic heterocycles. The van der Waals surface area contributed by atoms with E-state index in [1.165, 1.54) is 0 Å². The van der Waals surface area contributed by atoms with Gasteiger partial charge in [-0.3, -0.25) is 4.79 Å². The minimum absolute atomic E-state index is 0.0615. The highest BCUT2D eigenvalue weighted by Crippen LogP contribution is 2.74. The first-order valence-electron chi connectivity index (χ1n) is 9.27. The van der Waals surface area contributed by atoms with Crippen LogP contribution in [0.25, 0.3) is 0 Å². The predicted molar refractivity (Wildman–Crippen MR) is 92.8 cm³/mol. The number of hydrogen-bond donors (Lipinski definition) is 5. The van der Waals surface area contributed by atoms with Crippen molar-refractivity contribution in [3.05, 3.63) is 23.3 Å². The minimum atomic E-state index is -1.84. The van der Waals surface area contributed by atoms with E-state index in [4.69, 9.17) is 0 Å². The van der Waals surface area contributed by atoms with Gasteiger partial charge in [-0.05, 0) is 18.1 Å². The molecule has 0 unspecified atom stereocenters. The molecule has 0 bridgehead atoms. The molecule has 4 rings (SSSR count). The van der Waals surface area contributed by atoms with Crippen LogP contribution in [0.5, 0.6) is 0 Å². The van der Waals surface area contributed by atoms with E-state index in [2.05, 4.69) is 0 Å². The molecular formula is C20H28O6. The second kappa shape index (κ2) is 4.86. The van der Waals surface area contributed by atoms with Crippen LogP contribution in [-0.4, -0.2) is 60.8 Å². The summed E-state index contributed by atoms with van der Waals surface area (Å²) < 4.78 is 0. The molecule has 0 aromatic rings. The van der Waals surface area contributed by atoms with Crippen molar-refractivity contribution >= 4 is 5.78 Å². The molecule has 8 atom stereocenters. The largest absolute Gasteiger partial charge is 0.392 e. The number of fused-ring (bicyclic) bond motifs is 5. The Kier molecular flexibility index (Phi) is 3.42. The van der Waals surface area contributed by atoms with Crippen molar-refractivity contribution in [3.63, 3.8) is 0 Å². The Hall–Kier alpha value is -1.05. The standard InChI is InChI=1S/C20H28O6/c1-9-5-13-18(24,15(9)22)7-11(8-21)6-12-14-17(3,4)20(14,26)16(23)10(2)19(12,13)25/h5-6,10,12-14,16,21,23-26H,7-8H2,1-4H3/t10-,12-,13-,14-,16+,18+,19+,20-/m1/s1. The first-order chi connectivity index (χ1) is 11.9. The highest BCUT2D eigenvalue weighted by atomic mass is 16.4. The van der Waals surface area contributed by atoms with Crippen molar-refractivity contribution in [2.24, 2.45) is 29.1 Å². The van der Waals surface area contributed by atoms with Crippen molar-refractivity contribution in [3.8, 4) is 0 Å². The normalized spacial score (nSPS) is 54.5. The molecule has 0 spiro atoms. The van der Waals surface area contributed by atoms with Crippen molar-refractivity contribution in [1.82, 2.24) is 0 Å². The molecule has 0 amide bonds. The summed E-state index contributed by atoms with van der Waals surface area (Å²) in [4.78, 5) is 12.7. The van der Waals surface area contributed by atoms with Crippen LogP contribution in [0.1, 0.15) is 34.1 Å². The lowest BCUT2D eigenvalue weighted by Gasteiger charge is -2.51. The Morgan fingerprint density at radius 1 is 1.19 bits per heavy atom. The fraction of sp³-hybridized carbons (Fsp3) is 0.750. The van der Waals surface area contributed by atoms with Gasteiger partial charge in [0.15, 0.2) is 5.78 Å². The van der Waals surface area contributed by atoms with E-state index in [-0.39, 0.29) is 13.0 Å². The summed E-state index contributed by atoms with van der Waals surface area (Å²) in [5.41, 5.74) is -4.57. The number of rotatable bonds is 1. The molecule has 2 fully saturated rings. The van der Waals surface area contributed by atoms with Crippen LogP contribution >= 0.6 is 0 Å². The maximum Gasteiger partial charge on any atom is 0.190 e. The van der Waals surface area contributed by atoms with E-state index in [9.17, 15) is 30.3 Å². The van der Waals surface area contributed by atoms with Gasteiger partial charge in [0.2, 0.25) is 0 Å². The van der Waals surface area contributed by atoms with Crippen LogP contribution in [0.2, 0.25) is 0 Å². The zero-order valence-electron chi connectivity index (χ0n) is 15.6. The first kappa shape index (κ1) is 18.3. The van der Waals surface area contributed by atoms with Gasteiger partial charge in [-0.15, -0.1) is 0 Å². The molecule has 4 aliphatic carbocycles. The third-order valence-electron chi connectivity index (χ3n) is 8.04. The summed E-state index contributed by atoms with van der Waals surface area (Å²) in [6, 6.07) is 0. The smallest absolute Gasteiger partial charge is 0.190 e. The van der Waals surface area contributed by atoms with E-state index >= 15 is 0 Å². The monoisotopic (exact) mass is 364 g/mol. The second-order valence-corrected chi connectivity index (χ2v) is 9.41. The average Bonchev–Trinajstić information content (AvgIpc) is 2.97. The van der Waals surface area contributed by atoms with Crippen molar-refractivity contribution < 1.29 is 30.3 Å². The molecule has 5 N–H and O–H groups in total. The maximum absolute atomic E-state index is 12.7. The Labute approximate surface area is 152 Å². The summed E-state index contributed by atoms with van der Waals surface area (Å²) in [7, 11) is 0. The summed E-state index contributed by atoms with van der Waals surface area (Å²) >= 11 is 0. The molecule has 6 nitrogen and oxygen atoms in total. The Balaban J connectivity index is 1.96. The predicted octanol–water partition coefficient (Wildman–Crippen LogP) is -0.0699. The molecule has 144 valence electrons. The zero-order valence-corrected chi connectivity index (χ0v) is 15.6. The van der Waals surface area contributed by atoms with Gasteiger partial charge in [-0.2, -0.15) is 0 Å². The van der Waals surface area contributed by atoms with Gasteiger partial charge in [0.1, 0.15) is 11.2 Å². The number of carbonyl (C=O) groups is 1. The number of aliphatic hydroxyl groups is 5. The quantitative estimate of drug-likeness (QED) is 0.416. The first-order valence-corrected chi connectivity index (χ1v) is 9.27. The molecule has 0 aromatic carbocycles. The molecular weight excluding hydrogens is 336 g/mol. The number of ketones is 1. The summed E-state index contributed by atoms with van der Waals surface area (Å²) in [6.07, 6.45) is 2.08. The Morgan fingerprint density at radius 3 is 2.38 bits per heavy atom. The SMILES string of the molecule is CC1=C[C@H]2[C@]3(O)[C@H](C)[C@H](O)[C@]4(O)[C@H]([C@H]3C=C(CO)C[C@@]2(O)C1=O)C4(C)C. The highest BCUT2D eigenvalue weighted by Gasteiger charge is 2.84. The number of hydrogen-bond acceptors (Lipinski definition) is 6. The van der Waals surface area contributed by atoms with Crippen molar-refractivity contribution in [1.29, 1.82) is 0 Å².